The lowest BCUT2D eigenvalue weighted by Crippen LogP contribution is -2.26. The molecule has 2 unspecified atom stereocenters. The minimum atomic E-state index is -0.431. The second-order valence-electron chi connectivity index (χ2n) is 4.25. The maximum Gasteiger partial charge on any atom is 0.128 e. The summed E-state index contributed by atoms with van der Waals surface area (Å²) in [6, 6.07) is 4.15. The first-order valence-corrected chi connectivity index (χ1v) is 6.28. The summed E-state index contributed by atoms with van der Waals surface area (Å²) in [5, 5.41) is 10.0. The molecule has 0 amide bonds. The molecule has 0 saturated carbocycles. The number of ether oxygens (including phenoxy) is 1. The Kier molecular flexibility index (Phi) is 2.25. The van der Waals surface area contributed by atoms with Crippen LogP contribution in [0.2, 0.25) is 0 Å². The van der Waals surface area contributed by atoms with Gasteiger partial charge in [0.05, 0.1) is 10.9 Å². The van der Waals surface area contributed by atoms with Crippen LogP contribution in [-0.2, 0) is 12.8 Å². The number of rotatable bonds is 0. The van der Waals surface area contributed by atoms with E-state index in [1.165, 1.54) is 17.5 Å². The summed E-state index contributed by atoms with van der Waals surface area (Å²) >= 11 is 3.43. The minimum absolute atomic E-state index is 0.0180. The number of benzene rings is 1. The summed E-state index contributed by atoms with van der Waals surface area (Å²) in [5.74, 6) is 0.952. The monoisotopic (exact) mass is 268 g/mol. The average Bonchev–Trinajstić information content (AvgIpc) is 2.71. The molecular weight excluding hydrogens is 256 g/mol. The lowest BCUT2D eigenvalue weighted by atomic mass is 9.97. The van der Waals surface area contributed by atoms with E-state index in [2.05, 4.69) is 22.0 Å². The second kappa shape index (κ2) is 3.49. The van der Waals surface area contributed by atoms with E-state index in [1.807, 2.05) is 6.07 Å². The first-order valence-electron chi connectivity index (χ1n) is 5.37. The summed E-state index contributed by atoms with van der Waals surface area (Å²) in [6.45, 7) is 0.560. The third-order valence-electron chi connectivity index (χ3n) is 3.31. The molecule has 0 aromatic heterocycles. The molecule has 1 N–H and O–H groups in total. The molecule has 0 fully saturated rings. The van der Waals surface area contributed by atoms with Crippen LogP contribution < -0.4 is 4.74 Å². The Hall–Kier alpha value is -0.540. The van der Waals surface area contributed by atoms with Crippen molar-refractivity contribution in [3.63, 3.8) is 0 Å². The van der Waals surface area contributed by atoms with Gasteiger partial charge in [0.2, 0.25) is 0 Å². The normalized spacial score (nSPS) is 28.1. The topological polar surface area (TPSA) is 29.5 Å². The van der Waals surface area contributed by atoms with Crippen LogP contribution in [0, 0.1) is 0 Å². The van der Waals surface area contributed by atoms with Crippen molar-refractivity contribution >= 4 is 15.9 Å². The Bertz CT molecular complexity index is 403. The smallest absolute Gasteiger partial charge is 0.128 e. The van der Waals surface area contributed by atoms with Crippen molar-refractivity contribution in [1.82, 2.24) is 0 Å². The Morgan fingerprint density at radius 3 is 3.07 bits per heavy atom. The highest BCUT2D eigenvalue weighted by Gasteiger charge is 2.30. The van der Waals surface area contributed by atoms with Crippen molar-refractivity contribution in [1.29, 1.82) is 0 Å². The van der Waals surface area contributed by atoms with Gasteiger partial charge in [-0.05, 0) is 30.4 Å². The number of halogens is 1. The van der Waals surface area contributed by atoms with Gasteiger partial charge in [0, 0.05) is 5.56 Å². The van der Waals surface area contributed by atoms with E-state index >= 15 is 0 Å². The van der Waals surface area contributed by atoms with Crippen LogP contribution in [0.1, 0.15) is 29.2 Å². The molecule has 1 aromatic rings. The Morgan fingerprint density at radius 1 is 1.33 bits per heavy atom. The summed E-state index contributed by atoms with van der Waals surface area (Å²) < 4.78 is 5.74. The molecule has 0 spiro atoms. The van der Waals surface area contributed by atoms with Crippen LogP contribution in [0.25, 0.3) is 0 Å². The quantitative estimate of drug-likeness (QED) is 0.733. The van der Waals surface area contributed by atoms with Gasteiger partial charge >= 0.3 is 0 Å². The van der Waals surface area contributed by atoms with Crippen molar-refractivity contribution in [3.8, 4) is 5.75 Å². The summed E-state index contributed by atoms with van der Waals surface area (Å²) in [6.07, 6.45) is 3.03. The molecule has 0 saturated heterocycles. The Balaban J connectivity index is 2.13. The van der Waals surface area contributed by atoms with Gasteiger partial charge in [-0.15, -0.1) is 0 Å². The van der Waals surface area contributed by atoms with E-state index in [4.69, 9.17) is 4.74 Å². The van der Waals surface area contributed by atoms with Crippen molar-refractivity contribution in [2.24, 2.45) is 0 Å². The predicted octanol–water partition coefficient (Wildman–Crippen LogP) is 2.36. The molecule has 1 heterocycles. The van der Waals surface area contributed by atoms with Gasteiger partial charge in [0.1, 0.15) is 12.4 Å². The molecule has 1 aliphatic carbocycles. The van der Waals surface area contributed by atoms with Crippen LogP contribution in [-0.4, -0.2) is 16.5 Å². The van der Waals surface area contributed by atoms with Crippen LogP contribution >= 0.6 is 15.9 Å². The lowest BCUT2D eigenvalue weighted by molar-refractivity contribution is 0.124. The molecule has 2 nitrogen and oxygen atoms in total. The number of aliphatic hydroxyl groups is 1. The molecule has 0 radical (unpaired) electrons. The highest BCUT2D eigenvalue weighted by Crippen LogP contribution is 2.41. The fourth-order valence-corrected chi connectivity index (χ4v) is 2.92. The number of hydrogen-bond donors (Lipinski definition) is 1. The molecule has 1 aromatic carbocycles. The number of aryl methyl sites for hydroxylation is 1. The number of aliphatic hydroxyl groups excluding tert-OH is 1. The molecule has 80 valence electrons. The lowest BCUT2D eigenvalue weighted by Gasteiger charge is -2.28. The standard InChI is InChI=1S/C12H13BrO2/c13-10-6-15-12-8-3-1-2-7(8)4-5-9(12)11(10)14/h4-5,10-11,14H,1-3,6H2. The van der Waals surface area contributed by atoms with E-state index in [0.717, 1.165) is 24.2 Å². The zero-order valence-electron chi connectivity index (χ0n) is 8.37. The van der Waals surface area contributed by atoms with Crippen molar-refractivity contribution < 1.29 is 9.84 Å². The largest absolute Gasteiger partial charge is 0.492 e. The maximum absolute atomic E-state index is 10.0. The molecule has 15 heavy (non-hydrogen) atoms. The zero-order chi connectivity index (χ0) is 10.4. The fraction of sp³-hybridized carbons (Fsp3) is 0.500. The van der Waals surface area contributed by atoms with E-state index in [9.17, 15) is 5.11 Å². The van der Waals surface area contributed by atoms with E-state index in [0.29, 0.717) is 6.61 Å². The van der Waals surface area contributed by atoms with E-state index < -0.39 is 6.10 Å². The molecule has 3 rings (SSSR count). The van der Waals surface area contributed by atoms with Gasteiger partial charge in [-0.1, -0.05) is 28.1 Å². The third kappa shape index (κ3) is 1.41. The Morgan fingerprint density at radius 2 is 2.20 bits per heavy atom. The first-order chi connectivity index (χ1) is 7.27. The van der Waals surface area contributed by atoms with Crippen molar-refractivity contribution in [3.05, 3.63) is 28.8 Å². The van der Waals surface area contributed by atoms with Gasteiger partial charge in [-0.2, -0.15) is 0 Å². The summed E-state index contributed by atoms with van der Waals surface area (Å²) in [7, 11) is 0. The molecular formula is C12H13BrO2. The summed E-state index contributed by atoms with van der Waals surface area (Å²) in [5.41, 5.74) is 3.67. The van der Waals surface area contributed by atoms with Crippen molar-refractivity contribution in [2.45, 2.75) is 30.2 Å². The van der Waals surface area contributed by atoms with Crippen molar-refractivity contribution in [2.75, 3.05) is 6.61 Å². The fourth-order valence-electron chi connectivity index (χ4n) is 2.50. The molecule has 1 aliphatic heterocycles. The molecule has 3 heteroatoms. The SMILES string of the molecule is OC1c2ccc3c(c2OCC1Br)CCC3. The van der Waals surface area contributed by atoms with E-state index in [1.54, 1.807) is 0 Å². The third-order valence-corrected chi connectivity index (χ3v) is 4.07. The predicted molar refractivity (Wildman–Crippen MR) is 61.6 cm³/mol. The van der Waals surface area contributed by atoms with Crippen LogP contribution in [0.3, 0.4) is 0 Å². The maximum atomic E-state index is 10.0. The number of fused-ring (bicyclic) bond motifs is 3. The minimum Gasteiger partial charge on any atom is -0.492 e. The molecule has 2 aliphatic rings. The van der Waals surface area contributed by atoms with Gasteiger partial charge in [0.15, 0.2) is 0 Å². The Labute approximate surface area is 97.4 Å². The number of hydrogen-bond acceptors (Lipinski definition) is 2. The van der Waals surface area contributed by atoms with E-state index in [-0.39, 0.29) is 4.83 Å². The zero-order valence-corrected chi connectivity index (χ0v) is 9.96. The number of alkyl halides is 1. The van der Waals surface area contributed by atoms with Gasteiger partial charge in [-0.25, -0.2) is 0 Å². The average molecular weight is 269 g/mol. The van der Waals surface area contributed by atoms with Crippen LogP contribution in [0.15, 0.2) is 12.1 Å². The van der Waals surface area contributed by atoms with Crippen LogP contribution in [0.4, 0.5) is 0 Å². The van der Waals surface area contributed by atoms with Gasteiger partial charge in [0.25, 0.3) is 0 Å². The van der Waals surface area contributed by atoms with Crippen LogP contribution in [0.5, 0.6) is 5.75 Å². The first kappa shape index (κ1) is 9.67. The molecule has 2 atom stereocenters. The second-order valence-corrected chi connectivity index (χ2v) is 5.42. The van der Waals surface area contributed by atoms with Gasteiger partial charge in [-0.3, -0.25) is 0 Å². The highest BCUT2D eigenvalue weighted by molar-refractivity contribution is 9.09. The molecule has 0 bridgehead atoms. The highest BCUT2D eigenvalue weighted by atomic mass is 79.9. The van der Waals surface area contributed by atoms with Gasteiger partial charge < -0.3 is 9.84 Å². The summed E-state index contributed by atoms with van der Waals surface area (Å²) in [4.78, 5) is 0.0180.